The van der Waals surface area contributed by atoms with E-state index < -0.39 is 16.0 Å². The van der Waals surface area contributed by atoms with E-state index in [4.69, 9.17) is 0 Å². The van der Waals surface area contributed by atoms with Gasteiger partial charge in [-0.05, 0) is 49.2 Å². The number of likely N-dealkylation sites (tertiary alicyclic amines) is 1. The standard InChI is InChI=1S/C19H22N2O5S/c22-16-7-3-5-14(11-16)12-21-10-4-6-15(13-21)20-27(25,26)18-9-2-1-8-17(18)19(23)24/h1-3,5,7-9,11,15,20,22H,4,6,10,12-13H2,(H,23,24). The molecule has 0 amide bonds. The fourth-order valence-corrected chi connectivity index (χ4v) is 4.83. The van der Waals surface area contributed by atoms with E-state index in [0.29, 0.717) is 19.5 Å². The molecule has 1 saturated heterocycles. The molecule has 8 heteroatoms. The smallest absolute Gasteiger partial charge is 0.337 e. The Balaban J connectivity index is 1.71. The number of aromatic carboxylic acids is 1. The minimum absolute atomic E-state index is 0.201. The number of hydrogen-bond donors (Lipinski definition) is 3. The van der Waals surface area contributed by atoms with Crippen molar-refractivity contribution in [1.82, 2.24) is 9.62 Å². The number of carboxylic acids is 1. The summed E-state index contributed by atoms with van der Waals surface area (Å²) >= 11 is 0. The maximum absolute atomic E-state index is 12.7. The molecule has 1 aliphatic heterocycles. The monoisotopic (exact) mass is 390 g/mol. The summed E-state index contributed by atoms with van der Waals surface area (Å²) in [5.41, 5.74) is 0.715. The molecule has 7 nitrogen and oxygen atoms in total. The van der Waals surface area contributed by atoms with Gasteiger partial charge < -0.3 is 10.2 Å². The molecule has 1 heterocycles. The first-order valence-corrected chi connectivity index (χ1v) is 10.2. The second-order valence-electron chi connectivity index (χ2n) is 6.67. The Morgan fingerprint density at radius 3 is 2.70 bits per heavy atom. The molecule has 0 aromatic heterocycles. The summed E-state index contributed by atoms with van der Waals surface area (Å²) in [5, 5.41) is 18.8. The lowest BCUT2D eigenvalue weighted by Gasteiger charge is -2.33. The van der Waals surface area contributed by atoms with Crippen LogP contribution >= 0.6 is 0 Å². The molecule has 144 valence electrons. The van der Waals surface area contributed by atoms with Gasteiger partial charge in [0.1, 0.15) is 5.75 Å². The highest BCUT2D eigenvalue weighted by molar-refractivity contribution is 7.89. The molecule has 3 rings (SSSR count). The van der Waals surface area contributed by atoms with E-state index >= 15 is 0 Å². The first-order valence-electron chi connectivity index (χ1n) is 8.70. The predicted molar refractivity (Wildman–Crippen MR) is 100 cm³/mol. The molecule has 0 saturated carbocycles. The van der Waals surface area contributed by atoms with Crippen molar-refractivity contribution in [1.29, 1.82) is 0 Å². The minimum Gasteiger partial charge on any atom is -0.508 e. The van der Waals surface area contributed by atoms with Gasteiger partial charge >= 0.3 is 5.97 Å². The van der Waals surface area contributed by atoms with Crippen LogP contribution in [0.2, 0.25) is 0 Å². The number of hydrogen-bond acceptors (Lipinski definition) is 5. The fourth-order valence-electron chi connectivity index (χ4n) is 3.37. The van der Waals surface area contributed by atoms with Crippen LogP contribution < -0.4 is 4.72 Å². The van der Waals surface area contributed by atoms with E-state index in [2.05, 4.69) is 9.62 Å². The highest BCUT2D eigenvalue weighted by Gasteiger charge is 2.28. The van der Waals surface area contributed by atoms with Gasteiger partial charge in [-0.15, -0.1) is 0 Å². The lowest BCUT2D eigenvalue weighted by Crippen LogP contribution is -2.47. The van der Waals surface area contributed by atoms with Crippen LogP contribution in [0.4, 0.5) is 0 Å². The van der Waals surface area contributed by atoms with E-state index in [9.17, 15) is 23.4 Å². The van der Waals surface area contributed by atoms with Crippen LogP contribution in [0.5, 0.6) is 5.75 Å². The van der Waals surface area contributed by atoms with Crippen LogP contribution in [0.15, 0.2) is 53.4 Å². The summed E-state index contributed by atoms with van der Waals surface area (Å²) in [6.45, 7) is 1.96. The second-order valence-corrected chi connectivity index (χ2v) is 8.35. The number of phenolic OH excluding ortho intramolecular Hbond substituents is 1. The molecular formula is C19H22N2O5S. The summed E-state index contributed by atoms with van der Waals surface area (Å²) < 4.78 is 28.1. The fraction of sp³-hybridized carbons (Fsp3) is 0.316. The van der Waals surface area contributed by atoms with E-state index in [-0.39, 0.29) is 22.3 Å². The molecule has 0 bridgehead atoms. The number of nitrogens with one attached hydrogen (secondary N) is 1. The average Bonchev–Trinajstić information content (AvgIpc) is 2.61. The number of piperidine rings is 1. The number of nitrogens with zero attached hydrogens (tertiary/aromatic N) is 1. The normalized spacial score (nSPS) is 18.3. The van der Waals surface area contributed by atoms with Crippen molar-refractivity contribution in [2.75, 3.05) is 13.1 Å². The van der Waals surface area contributed by atoms with Crippen molar-refractivity contribution in [3.05, 3.63) is 59.7 Å². The third-order valence-corrected chi connectivity index (χ3v) is 6.13. The summed E-state index contributed by atoms with van der Waals surface area (Å²) in [6, 6.07) is 12.3. The van der Waals surface area contributed by atoms with Crippen molar-refractivity contribution in [2.45, 2.75) is 30.3 Å². The molecule has 0 radical (unpaired) electrons. The maximum Gasteiger partial charge on any atom is 0.337 e. The molecule has 1 aliphatic rings. The molecule has 3 N–H and O–H groups in total. The molecule has 27 heavy (non-hydrogen) atoms. The molecule has 0 spiro atoms. The summed E-state index contributed by atoms with van der Waals surface area (Å²) in [7, 11) is -3.94. The lowest BCUT2D eigenvalue weighted by atomic mass is 10.1. The number of aromatic hydroxyl groups is 1. The molecular weight excluding hydrogens is 368 g/mol. The van der Waals surface area contributed by atoms with Crippen LogP contribution in [-0.2, 0) is 16.6 Å². The Hall–Kier alpha value is -2.42. The van der Waals surface area contributed by atoms with E-state index in [1.807, 2.05) is 6.07 Å². The largest absolute Gasteiger partial charge is 0.508 e. The maximum atomic E-state index is 12.7. The number of carboxylic acid groups (broad SMARTS) is 1. The minimum atomic E-state index is -3.94. The van der Waals surface area contributed by atoms with Crippen molar-refractivity contribution in [2.24, 2.45) is 0 Å². The van der Waals surface area contributed by atoms with Gasteiger partial charge in [0.2, 0.25) is 10.0 Å². The van der Waals surface area contributed by atoms with Crippen molar-refractivity contribution in [3.63, 3.8) is 0 Å². The molecule has 2 aromatic carbocycles. The van der Waals surface area contributed by atoms with Crippen molar-refractivity contribution < 1.29 is 23.4 Å². The first-order chi connectivity index (χ1) is 12.8. The molecule has 1 fully saturated rings. The lowest BCUT2D eigenvalue weighted by molar-refractivity contribution is 0.0692. The van der Waals surface area contributed by atoms with Crippen molar-refractivity contribution >= 4 is 16.0 Å². The van der Waals surface area contributed by atoms with Crippen LogP contribution in [0.25, 0.3) is 0 Å². The third kappa shape index (κ3) is 4.85. The zero-order chi connectivity index (χ0) is 19.4. The van der Waals surface area contributed by atoms with Gasteiger partial charge in [0.05, 0.1) is 10.5 Å². The van der Waals surface area contributed by atoms with E-state index in [0.717, 1.165) is 18.5 Å². The van der Waals surface area contributed by atoms with E-state index in [1.165, 1.54) is 24.3 Å². The quantitative estimate of drug-likeness (QED) is 0.697. The van der Waals surface area contributed by atoms with Gasteiger partial charge in [0.15, 0.2) is 0 Å². The topological polar surface area (TPSA) is 107 Å². The Labute approximate surface area is 158 Å². The predicted octanol–water partition coefficient (Wildman–Crippen LogP) is 2.03. The summed E-state index contributed by atoms with van der Waals surface area (Å²) in [6.07, 6.45) is 1.51. The second kappa shape index (κ2) is 8.08. The van der Waals surface area contributed by atoms with Crippen LogP contribution in [-0.4, -0.2) is 48.6 Å². The summed E-state index contributed by atoms with van der Waals surface area (Å²) in [5.74, 6) is -1.07. The highest BCUT2D eigenvalue weighted by atomic mass is 32.2. The molecule has 2 aromatic rings. The van der Waals surface area contributed by atoms with Crippen molar-refractivity contribution in [3.8, 4) is 5.75 Å². The van der Waals surface area contributed by atoms with Crippen LogP contribution in [0.3, 0.4) is 0 Å². The number of phenols is 1. The van der Waals surface area contributed by atoms with Crippen LogP contribution in [0, 0.1) is 0 Å². The first kappa shape index (κ1) is 19.3. The SMILES string of the molecule is O=C(O)c1ccccc1S(=O)(=O)NC1CCCN(Cc2cccc(O)c2)C1. The average molecular weight is 390 g/mol. The molecule has 1 unspecified atom stereocenters. The third-order valence-electron chi connectivity index (χ3n) is 4.55. The molecule has 1 atom stereocenters. The van der Waals surface area contributed by atoms with Gasteiger partial charge in [-0.1, -0.05) is 24.3 Å². The zero-order valence-corrected chi connectivity index (χ0v) is 15.5. The number of rotatable bonds is 6. The Bertz CT molecular complexity index is 929. The number of benzene rings is 2. The Morgan fingerprint density at radius 1 is 1.19 bits per heavy atom. The van der Waals surface area contributed by atoms with Gasteiger partial charge in [0, 0.05) is 19.1 Å². The Kier molecular flexibility index (Phi) is 5.79. The molecule has 0 aliphatic carbocycles. The van der Waals surface area contributed by atoms with Gasteiger partial charge in [-0.2, -0.15) is 0 Å². The highest BCUT2D eigenvalue weighted by Crippen LogP contribution is 2.20. The van der Waals surface area contributed by atoms with Gasteiger partial charge in [-0.3, -0.25) is 4.90 Å². The zero-order valence-electron chi connectivity index (χ0n) is 14.7. The Morgan fingerprint density at radius 2 is 1.96 bits per heavy atom. The van der Waals surface area contributed by atoms with Crippen LogP contribution in [0.1, 0.15) is 28.8 Å². The summed E-state index contributed by atoms with van der Waals surface area (Å²) in [4.78, 5) is 13.2. The number of carbonyl (C=O) groups is 1. The number of sulfonamides is 1. The van der Waals surface area contributed by atoms with Gasteiger partial charge in [-0.25, -0.2) is 17.9 Å². The van der Waals surface area contributed by atoms with E-state index in [1.54, 1.807) is 18.2 Å². The van der Waals surface area contributed by atoms with Gasteiger partial charge in [0.25, 0.3) is 0 Å².